The van der Waals surface area contributed by atoms with Crippen molar-refractivity contribution in [2.24, 2.45) is 0 Å². The van der Waals surface area contributed by atoms with E-state index in [4.69, 9.17) is 34.8 Å². The molecule has 10 nitrogen and oxygen atoms in total. The lowest BCUT2D eigenvalue weighted by molar-refractivity contribution is -0.383. The van der Waals surface area contributed by atoms with Gasteiger partial charge in [0.25, 0.3) is 11.2 Å². The average Bonchev–Trinajstić information content (AvgIpc) is 2.84. The summed E-state index contributed by atoms with van der Waals surface area (Å²) in [5, 5.41) is 36.0. The third kappa shape index (κ3) is 4.18. The summed E-state index contributed by atoms with van der Waals surface area (Å²) in [5.41, 5.74) is -0.0684. The zero-order chi connectivity index (χ0) is 25.3. The van der Waals surface area contributed by atoms with Gasteiger partial charge in [-0.2, -0.15) is 10.5 Å². The predicted molar refractivity (Wildman–Crippen MR) is 133 cm³/mol. The predicted octanol–water partition coefficient (Wildman–Crippen LogP) is 6.02. The fourth-order valence-corrected chi connectivity index (χ4v) is 4.17. The molecular formula is C22H10Cl3N7O3. The van der Waals surface area contributed by atoms with Gasteiger partial charge in [0, 0.05) is 6.07 Å². The van der Waals surface area contributed by atoms with E-state index in [0.29, 0.717) is 11.4 Å². The fraction of sp³-hybridized carbons (Fsp3) is 0. The Morgan fingerprint density at radius 2 is 1.57 bits per heavy atom. The summed E-state index contributed by atoms with van der Waals surface area (Å²) < 4.78 is 0. The van der Waals surface area contributed by atoms with Gasteiger partial charge in [0.05, 0.1) is 65.6 Å². The molecule has 0 fully saturated rings. The maximum absolute atomic E-state index is 12.5. The number of hydrogen-bond donors (Lipinski definition) is 3. The van der Waals surface area contributed by atoms with E-state index in [1.54, 1.807) is 24.3 Å². The Morgan fingerprint density at radius 3 is 2.20 bits per heavy atom. The molecule has 1 aromatic heterocycles. The summed E-state index contributed by atoms with van der Waals surface area (Å²) in [4.78, 5) is 29.7. The number of nitrogens with zero attached hydrogens (tertiary/aromatic N) is 4. The molecule has 0 atom stereocenters. The average molecular weight is 527 g/mol. The van der Waals surface area contributed by atoms with Crippen molar-refractivity contribution in [3.05, 3.63) is 89.4 Å². The molecule has 1 heterocycles. The van der Waals surface area contributed by atoms with Crippen LogP contribution in [-0.2, 0) is 0 Å². The molecule has 13 heteroatoms. The Morgan fingerprint density at radius 1 is 0.914 bits per heavy atom. The van der Waals surface area contributed by atoms with Crippen LogP contribution in [0.2, 0.25) is 15.1 Å². The van der Waals surface area contributed by atoms with Crippen LogP contribution in [-0.4, -0.2) is 14.9 Å². The highest BCUT2D eigenvalue weighted by Crippen LogP contribution is 2.43. The second-order valence-corrected chi connectivity index (χ2v) is 8.06. The van der Waals surface area contributed by atoms with E-state index in [1.165, 1.54) is 12.1 Å². The Kier molecular flexibility index (Phi) is 6.45. The number of fused-ring (bicyclic) bond motifs is 1. The Hall–Kier alpha value is -4.35. The van der Waals surface area contributed by atoms with Crippen LogP contribution in [0.3, 0.4) is 0 Å². The number of hydrogen-bond acceptors (Lipinski definition) is 8. The Labute approximate surface area is 211 Å². The second-order valence-electron chi connectivity index (χ2n) is 6.93. The molecule has 0 aliphatic carbocycles. The molecular weight excluding hydrogens is 517 g/mol. The summed E-state index contributed by atoms with van der Waals surface area (Å²) in [6.07, 6.45) is 1.08. The van der Waals surface area contributed by atoms with Crippen LogP contribution in [0.25, 0.3) is 10.9 Å². The first-order chi connectivity index (χ1) is 16.8. The van der Waals surface area contributed by atoms with Gasteiger partial charge in [-0.3, -0.25) is 14.9 Å². The third-order valence-electron chi connectivity index (χ3n) is 4.97. The minimum atomic E-state index is -0.627. The normalized spacial score (nSPS) is 10.4. The lowest BCUT2D eigenvalue weighted by Gasteiger charge is -2.18. The largest absolute Gasteiger partial charge is 0.353 e. The van der Waals surface area contributed by atoms with Crippen molar-refractivity contribution in [2.45, 2.75) is 0 Å². The van der Waals surface area contributed by atoms with E-state index in [2.05, 4.69) is 20.6 Å². The van der Waals surface area contributed by atoms with Crippen molar-refractivity contribution in [1.82, 2.24) is 9.97 Å². The zero-order valence-corrected chi connectivity index (χ0v) is 19.5. The number of benzene rings is 3. The number of non-ortho nitro benzene ring substituents is 1. The molecule has 3 aromatic carbocycles. The number of H-pyrrole nitrogens is 1. The van der Waals surface area contributed by atoms with Gasteiger partial charge in [0.15, 0.2) is 5.52 Å². The summed E-state index contributed by atoms with van der Waals surface area (Å²) in [6.45, 7) is 0. The van der Waals surface area contributed by atoms with Crippen molar-refractivity contribution in [2.75, 3.05) is 10.6 Å². The van der Waals surface area contributed by atoms with Gasteiger partial charge in [-0.05, 0) is 18.2 Å². The van der Waals surface area contributed by atoms with E-state index in [9.17, 15) is 25.4 Å². The molecule has 0 unspecified atom stereocenters. The molecule has 172 valence electrons. The van der Waals surface area contributed by atoms with Gasteiger partial charge < -0.3 is 15.6 Å². The van der Waals surface area contributed by atoms with Crippen LogP contribution >= 0.6 is 34.8 Å². The first kappa shape index (κ1) is 23.8. The SMILES string of the molecule is N#Cc1c(Cl)c(Cl)c(Nc2ccccc2Nc2ccc([N+](=O)[O-])c3nc[nH]c(=O)c23)c(C#N)c1Cl. The van der Waals surface area contributed by atoms with E-state index >= 15 is 0 Å². The van der Waals surface area contributed by atoms with E-state index in [1.807, 2.05) is 12.1 Å². The van der Waals surface area contributed by atoms with E-state index in [-0.39, 0.29) is 54.2 Å². The number of rotatable bonds is 5. The van der Waals surface area contributed by atoms with Crippen molar-refractivity contribution >= 4 is 74.1 Å². The minimum absolute atomic E-state index is 0.0169. The molecule has 0 saturated heterocycles. The lowest BCUT2D eigenvalue weighted by Crippen LogP contribution is -2.10. The van der Waals surface area contributed by atoms with Gasteiger partial charge in [-0.15, -0.1) is 0 Å². The molecule has 4 aromatic rings. The first-order valence-electron chi connectivity index (χ1n) is 9.57. The molecule has 35 heavy (non-hydrogen) atoms. The van der Waals surface area contributed by atoms with Crippen molar-refractivity contribution < 1.29 is 4.92 Å². The third-order valence-corrected chi connectivity index (χ3v) is 6.20. The summed E-state index contributed by atoms with van der Waals surface area (Å²) >= 11 is 18.7. The number of nitro groups is 1. The number of nitriles is 2. The van der Waals surface area contributed by atoms with Gasteiger partial charge in [-0.1, -0.05) is 46.9 Å². The molecule has 3 N–H and O–H groups in total. The monoisotopic (exact) mass is 525 g/mol. The quantitative estimate of drug-likeness (QED) is 0.161. The number of nitro benzene ring substituents is 1. The van der Waals surface area contributed by atoms with Gasteiger partial charge in [-0.25, -0.2) is 4.98 Å². The molecule has 0 radical (unpaired) electrons. The van der Waals surface area contributed by atoms with Crippen molar-refractivity contribution in [3.63, 3.8) is 0 Å². The molecule has 0 aliphatic rings. The Balaban J connectivity index is 1.85. The lowest BCUT2D eigenvalue weighted by atomic mass is 10.1. The standard InChI is InChI=1S/C22H10Cl3N7O3/c23-17-10(7-26)18(24)19(25)20(11(17)8-27)31-13-4-2-1-3-12(13)30-14-5-6-15(32(34)35)21-16(14)22(33)29-9-28-21/h1-6,9,30-31H,(H,28,29,33). The number of aromatic amines is 1. The molecule has 0 amide bonds. The second kappa shape index (κ2) is 9.49. The van der Waals surface area contributed by atoms with Crippen molar-refractivity contribution in [1.29, 1.82) is 10.5 Å². The van der Waals surface area contributed by atoms with Crippen LogP contribution in [0.15, 0.2) is 47.5 Å². The van der Waals surface area contributed by atoms with Crippen LogP contribution in [0.5, 0.6) is 0 Å². The van der Waals surface area contributed by atoms with Crippen LogP contribution in [0.4, 0.5) is 28.4 Å². The highest BCUT2D eigenvalue weighted by Gasteiger charge is 2.23. The number of para-hydroxylation sites is 2. The van der Waals surface area contributed by atoms with Gasteiger partial charge in [0.2, 0.25) is 0 Å². The smallest absolute Gasteiger partial charge is 0.295 e. The molecule has 0 spiro atoms. The summed E-state index contributed by atoms with van der Waals surface area (Å²) in [7, 11) is 0. The molecule has 0 bridgehead atoms. The summed E-state index contributed by atoms with van der Waals surface area (Å²) in [6, 6.07) is 13.1. The minimum Gasteiger partial charge on any atom is -0.353 e. The molecule has 0 saturated carbocycles. The topological polar surface area (TPSA) is 161 Å². The highest BCUT2D eigenvalue weighted by atomic mass is 35.5. The van der Waals surface area contributed by atoms with E-state index < -0.39 is 10.5 Å². The van der Waals surface area contributed by atoms with Crippen LogP contribution < -0.4 is 16.2 Å². The number of halogens is 3. The maximum atomic E-state index is 12.5. The number of anilines is 4. The molecule has 4 rings (SSSR count). The van der Waals surface area contributed by atoms with Gasteiger partial charge in [0.1, 0.15) is 12.1 Å². The van der Waals surface area contributed by atoms with Gasteiger partial charge >= 0.3 is 0 Å². The Bertz CT molecular complexity index is 1670. The van der Waals surface area contributed by atoms with Crippen LogP contribution in [0, 0.1) is 32.8 Å². The summed E-state index contributed by atoms with van der Waals surface area (Å²) in [5.74, 6) is 0. The number of aromatic nitrogens is 2. The first-order valence-corrected chi connectivity index (χ1v) is 10.7. The number of nitrogens with one attached hydrogen (secondary N) is 3. The van der Waals surface area contributed by atoms with Crippen molar-refractivity contribution in [3.8, 4) is 12.1 Å². The highest BCUT2D eigenvalue weighted by molar-refractivity contribution is 6.46. The maximum Gasteiger partial charge on any atom is 0.295 e. The van der Waals surface area contributed by atoms with Crippen LogP contribution in [0.1, 0.15) is 11.1 Å². The molecule has 0 aliphatic heterocycles. The zero-order valence-electron chi connectivity index (χ0n) is 17.2. The fourth-order valence-electron chi connectivity index (χ4n) is 3.38. The van der Waals surface area contributed by atoms with E-state index in [0.717, 1.165) is 6.33 Å².